The second-order valence-corrected chi connectivity index (χ2v) is 5.91. The fourth-order valence-electron chi connectivity index (χ4n) is 2.47. The summed E-state index contributed by atoms with van der Waals surface area (Å²) in [5.74, 6) is -5.03. The molecule has 3 aromatic rings. The maximum Gasteiger partial charge on any atom is 0.269 e. The molecule has 1 aromatic heterocycles. The maximum absolute atomic E-state index is 13.8. The molecule has 1 heterocycles. The van der Waals surface area contributed by atoms with E-state index in [1.54, 1.807) is 12.1 Å². The zero-order chi connectivity index (χ0) is 20.1. The van der Waals surface area contributed by atoms with Crippen LogP contribution in [-0.4, -0.2) is 17.4 Å². The summed E-state index contributed by atoms with van der Waals surface area (Å²) in [6, 6.07) is 10.6. The first-order valence-corrected chi connectivity index (χ1v) is 8.33. The van der Waals surface area contributed by atoms with Crippen LogP contribution < -0.4 is 10.6 Å². The number of halogens is 4. The van der Waals surface area contributed by atoms with Crippen LogP contribution in [0, 0.1) is 23.3 Å². The van der Waals surface area contributed by atoms with Crippen molar-refractivity contribution in [2.24, 2.45) is 0 Å². The van der Waals surface area contributed by atoms with E-state index in [1.165, 1.54) is 30.5 Å². The zero-order valence-corrected chi connectivity index (χ0v) is 14.5. The molecule has 1 amide bonds. The van der Waals surface area contributed by atoms with E-state index in [-0.39, 0.29) is 22.9 Å². The van der Waals surface area contributed by atoms with Crippen LogP contribution in [0.5, 0.6) is 0 Å². The first-order valence-electron chi connectivity index (χ1n) is 8.33. The molecule has 0 aliphatic rings. The topological polar surface area (TPSA) is 54.0 Å². The molecule has 28 heavy (non-hydrogen) atoms. The summed E-state index contributed by atoms with van der Waals surface area (Å²) in [6.07, 6.45) is 1.83. The van der Waals surface area contributed by atoms with Gasteiger partial charge in [-0.05, 0) is 48.4 Å². The monoisotopic (exact) mass is 389 g/mol. The fourth-order valence-corrected chi connectivity index (χ4v) is 2.47. The molecule has 0 aliphatic heterocycles. The van der Waals surface area contributed by atoms with E-state index < -0.39 is 23.4 Å². The van der Waals surface area contributed by atoms with E-state index in [0.717, 1.165) is 17.7 Å². The summed E-state index contributed by atoms with van der Waals surface area (Å²) in [6.45, 7) is 0.307. The second kappa shape index (κ2) is 8.51. The van der Waals surface area contributed by atoms with E-state index in [4.69, 9.17) is 0 Å². The van der Waals surface area contributed by atoms with Gasteiger partial charge >= 0.3 is 0 Å². The van der Waals surface area contributed by atoms with Crippen molar-refractivity contribution in [3.63, 3.8) is 0 Å². The van der Waals surface area contributed by atoms with E-state index in [1.807, 2.05) is 0 Å². The highest BCUT2D eigenvalue weighted by Gasteiger charge is 2.14. The lowest BCUT2D eigenvalue weighted by Crippen LogP contribution is -2.26. The van der Waals surface area contributed by atoms with Gasteiger partial charge in [0.25, 0.3) is 5.91 Å². The van der Waals surface area contributed by atoms with Crippen molar-refractivity contribution < 1.29 is 22.4 Å². The van der Waals surface area contributed by atoms with Gasteiger partial charge in [0.2, 0.25) is 0 Å². The molecule has 0 saturated heterocycles. The molecule has 4 nitrogen and oxygen atoms in total. The smallest absolute Gasteiger partial charge is 0.269 e. The Hall–Kier alpha value is -3.42. The number of pyridine rings is 1. The molecule has 8 heteroatoms. The minimum atomic E-state index is -1.59. The predicted molar refractivity (Wildman–Crippen MR) is 96.3 cm³/mol. The van der Waals surface area contributed by atoms with Crippen LogP contribution in [0.3, 0.4) is 0 Å². The third kappa shape index (κ3) is 4.64. The lowest BCUT2D eigenvalue weighted by Gasteiger charge is -2.10. The molecule has 0 radical (unpaired) electrons. The number of amides is 1. The Morgan fingerprint density at radius 3 is 2.43 bits per heavy atom. The van der Waals surface area contributed by atoms with Crippen LogP contribution in [0.1, 0.15) is 16.1 Å². The van der Waals surface area contributed by atoms with Crippen LogP contribution in [0.2, 0.25) is 0 Å². The zero-order valence-electron chi connectivity index (χ0n) is 14.5. The van der Waals surface area contributed by atoms with Crippen molar-refractivity contribution >= 4 is 17.3 Å². The van der Waals surface area contributed by atoms with Crippen molar-refractivity contribution in [1.82, 2.24) is 10.3 Å². The minimum absolute atomic E-state index is 0.0621. The quantitative estimate of drug-likeness (QED) is 0.487. The largest absolute Gasteiger partial charge is 0.353 e. The Morgan fingerprint density at radius 2 is 1.68 bits per heavy atom. The van der Waals surface area contributed by atoms with Gasteiger partial charge in [-0.25, -0.2) is 17.6 Å². The summed E-state index contributed by atoms with van der Waals surface area (Å²) in [5.41, 5.74) is 0.933. The minimum Gasteiger partial charge on any atom is -0.353 e. The number of hydrogen-bond acceptors (Lipinski definition) is 3. The van der Waals surface area contributed by atoms with Gasteiger partial charge in [-0.15, -0.1) is 0 Å². The van der Waals surface area contributed by atoms with Gasteiger partial charge in [-0.3, -0.25) is 9.78 Å². The summed E-state index contributed by atoms with van der Waals surface area (Å²) in [7, 11) is 0. The molecular formula is C20H15F4N3O. The number of aromatic nitrogens is 1. The average Bonchev–Trinajstić information content (AvgIpc) is 2.70. The number of nitrogens with one attached hydrogen (secondary N) is 2. The third-order valence-corrected chi connectivity index (χ3v) is 3.92. The number of carbonyl (C=O) groups excluding carboxylic acids is 1. The molecule has 0 bridgehead atoms. The van der Waals surface area contributed by atoms with Gasteiger partial charge < -0.3 is 10.6 Å². The number of carbonyl (C=O) groups is 1. The van der Waals surface area contributed by atoms with Crippen molar-refractivity contribution in [3.8, 4) is 0 Å². The summed E-state index contributed by atoms with van der Waals surface area (Å²) >= 11 is 0. The highest BCUT2D eigenvalue weighted by molar-refractivity contribution is 5.93. The molecule has 0 unspecified atom stereocenters. The standard InChI is InChI=1S/C20H15F4N3O/c21-13-3-1-12(2-4-13)7-9-26-20(28)17-11-14(8-10-25-17)27-16-6-5-15(22)18(23)19(16)24/h1-6,8,10-11H,7,9H2,(H,25,27)(H,26,28). The Labute approximate surface area is 158 Å². The summed E-state index contributed by atoms with van der Waals surface area (Å²) < 4.78 is 53.0. The predicted octanol–water partition coefficient (Wildman–Crippen LogP) is 4.35. The molecular weight excluding hydrogens is 374 g/mol. The van der Waals surface area contributed by atoms with Gasteiger partial charge in [0, 0.05) is 18.4 Å². The first-order chi connectivity index (χ1) is 13.4. The van der Waals surface area contributed by atoms with Crippen LogP contribution in [0.25, 0.3) is 0 Å². The highest BCUT2D eigenvalue weighted by Crippen LogP contribution is 2.23. The van der Waals surface area contributed by atoms with Crippen molar-refractivity contribution in [2.45, 2.75) is 6.42 Å². The maximum atomic E-state index is 13.8. The number of anilines is 2. The number of rotatable bonds is 6. The molecule has 144 valence electrons. The Balaban J connectivity index is 1.63. The second-order valence-electron chi connectivity index (χ2n) is 5.91. The number of nitrogens with zero attached hydrogens (tertiary/aromatic N) is 1. The van der Waals surface area contributed by atoms with Crippen molar-refractivity contribution in [3.05, 3.63) is 89.3 Å². The third-order valence-electron chi connectivity index (χ3n) is 3.92. The molecule has 2 N–H and O–H groups in total. The fraction of sp³-hybridized carbons (Fsp3) is 0.100. The summed E-state index contributed by atoms with van der Waals surface area (Å²) in [5, 5.41) is 5.26. The molecule has 0 spiro atoms. The Kier molecular flexibility index (Phi) is 5.88. The molecule has 0 saturated carbocycles. The van der Waals surface area contributed by atoms with E-state index in [9.17, 15) is 22.4 Å². The number of benzene rings is 2. The molecule has 3 rings (SSSR count). The van der Waals surface area contributed by atoms with Crippen LogP contribution in [0.15, 0.2) is 54.7 Å². The Morgan fingerprint density at radius 1 is 0.929 bits per heavy atom. The van der Waals surface area contributed by atoms with Gasteiger partial charge in [0.1, 0.15) is 11.5 Å². The lowest BCUT2D eigenvalue weighted by atomic mass is 10.1. The van der Waals surface area contributed by atoms with Gasteiger partial charge in [-0.1, -0.05) is 12.1 Å². The average molecular weight is 389 g/mol. The number of hydrogen-bond donors (Lipinski definition) is 2. The normalized spacial score (nSPS) is 10.6. The van der Waals surface area contributed by atoms with Crippen LogP contribution >= 0.6 is 0 Å². The SMILES string of the molecule is O=C(NCCc1ccc(F)cc1)c1cc(Nc2ccc(F)c(F)c2F)ccn1. The van der Waals surface area contributed by atoms with Gasteiger partial charge in [-0.2, -0.15) is 0 Å². The lowest BCUT2D eigenvalue weighted by molar-refractivity contribution is 0.0949. The summed E-state index contributed by atoms with van der Waals surface area (Å²) in [4.78, 5) is 16.2. The molecule has 0 fully saturated rings. The molecule has 2 aromatic carbocycles. The highest BCUT2D eigenvalue weighted by atomic mass is 19.2. The van der Waals surface area contributed by atoms with Gasteiger partial charge in [0.05, 0.1) is 5.69 Å². The molecule has 0 atom stereocenters. The van der Waals surface area contributed by atoms with Crippen molar-refractivity contribution in [2.75, 3.05) is 11.9 Å². The van der Waals surface area contributed by atoms with Gasteiger partial charge in [0.15, 0.2) is 17.5 Å². The molecule has 0 aliphatic carbocycles. The van der Waals surface area contributed by atoms with Crippen LogP contribution in [-0.2, 0) is 6.42 Å². The first kappa shape index (κ1) is 19.3. The van der Waals surface area contributed by atoms with E-state index >= 15 is 0 Å². The van der Waals surface area contributed by atoms with Crippen LogP contribution in [0.4, 0.5) is 28.9 Å². The van der Waals surface area contributed by atoms with Crippen molar-refractivity contribution in [1.29, 1.82) is 0 Å². The van der Waals surface area contributed by atoms with E-state index in [2.05, 4.69) is 15.6 Å². The Bertz CT molecular complexity index is 993. The van der Waals surface area contributed by atoms with E-state index in [0.29, 0.717) is 13.0 Å².